The highest BCUT2D eigenvalue weighted by molar-refractivity contribution is 6.36. The summed E-state index contributed by atoms with van der Waals surface area (Å²) < 4.78 is 13.5. The lowest BCUT2D eigenvalue weighted by Gasteiger charge is -2.16. The van der Waals surface area contributed by atoms with Gasteiger partial charge in [0.2, 0.25) is 0 Å². The Morgan fingerprint density at radius 2 is 1.48 bits per heavy atom. The van der Waals surface area contributed by atoms with Crippen molar-refractivity contribution in [3.8, 4) is 0 Å². The summed E-state index contributed by atoms with van der Waals surface area (Å²) in [6, 6.07) is 19.1. The van der Waals surface area contributed by atoms with Crippen molar-refractivity contribution in [1.29, 1.82) is 0 Å². The van der Waals surface area contributed by atoms with Crippen LogP contribution in [0.5, 0.6) is 0 Å². The van der Waals surface area contributed by atoms with Crippen LogP contribution in [0.1, 0.15) is 27.8 Å². The fraction of sp³-hybridized carbons (Fsp3) is 0.154. The van der Waals surface area contributed by atoms with Gasteiger partial charge in [0.1, 0.15) is 11.5 Å². The van der Waals surface area contributed by atoms with Gasteiger partial charge in [-0.15, -0.1) is 0 Å². The second-order valence-electron chi connectivity index (χ2n) is 7.86. The van der Waals surface area contributed by atoms with Crippen molar-refractivity contribution in [2.75, 3.05) is 5.32 Å². The van der Waals surface area contributed by atoms with E-state index in [1.807, 2.05) is 63.2 Å². The minimum atomic E-state index is -0.402. The van der Waals surface area contributed by atoms with E-state index >= 15 is 0 Å². The van der Waals surface area contributed by atoms with E-state index in [-0.39, 0.29) is 17.8 Å². The zero-order valence-corrected chi connectivity index (χ0v) is 17.7. The van der Waals surface area contributed by atoms with Gasteiger partial charge in [-0.05, 0) is 67.3 Å². The Morgan fingerprint density at radius 3 is 2.13 bits per heavy atom. The number of nitrogens with one attached hydrogen (secondary N) is 1. The van der Waals surface area contributed by atoms with E-state index in [2.05, 4.69) is 5.32 Å². The van der Waals surface area contributed by atoms with Crippen LogP contribution in [0.15, 0.2) is 72.4 Å². The molecule has 0 aliphatic carbocycles. The van der Waals surface area contributed by atoms with Crippen LogP contribution in [0.4, 0.5) is 10.1 Å². The van der Waals surface area contributed by atoms with E-state index in [9.17, 15) is 14.0 Å². The zero-order chi connectivity index (χ0) is 22.1. The highest BCUT2D eigenvalue weighted by Crippen LogP contribution is 2.32. The van der Waals surface area contributed by atoms with Gasteiger partial charge in [-0.2, -0.15) is 0 Å². The van der Waals surface area contributed by atoms with E-state index < -0.39 is 17.6 Å². The quantitative estimate of drug-likeness (QED) is 0.588. The van der Waals surface area contributed by atoms with Crippen LogP contribution >= 0.6 is 0 Å². The van der Waals surface area contributed by atoms with Crippen LogP contribution in [0.25, 0.3) is 5.57 Å². The highest BCUT2D eigenvalue weighted by atomic mass is 19.1. The first-order valence-electron chi connectivity index (χ1n) is 10.1. The zero-order valence-electron chi connectivity index (χ0n) is 17.7. The third-order valence-electron chi connectivity index (χ3n) is 5.54. The average Bonchev–Trinajstić information content (AvgIpc) is 2.97. The number of imide groups is 1. The number of hydrogen-bond donors (Lipinski definition) is 1. The third kappa shape index (κ3) is 4.12. The number of aryl methyl sites for hydroxylation is 3. The third-order valence-corrected chi connectivity index (χ3v) is 5.54. The van der Waals surface area contributed by atoms with Gasteiger partial charge in [-0.25, -0.2) is 4.39 Å². The van der Waals surface area contributed by atoms with Gasteiger partial charge in [0, 0.05) is 5.69 Å². The molecular weight excluding hydrogens is 391 g/mol. The van der Waals surface area contributed by atoms with Gasteiger partial charge in [-0.3, -0.25) is 14.5 Å². The van der Waals surface area contributed by atoms with Crippen LogP contribution in [0, 0.1) is 26.6 Å². The molecule has 3 aromatic carbocycles. The molecule has 156 valence electrons. The maximum Gasteiger partial charge on any atom is 0.278 e. The first kappa shape index (κ1) is 20.5. The van der Waals surface area contributed by atoms with E-state index in [1.165, 1.54) is 29.2 Å². The molecule has 0 saturated heterocycles. The first-order chi connectivity index (χ1) is 14.8. The molecule has 4 rings (SSSR count). The summed E-state index contributed by atoms with van der Waals surface area (Å²) in [5.41, 5.74) is 5.83. The molecule has 0 unspecified atom stereocenters. The summed E-state index contributed by atoms with van der Waals surface area (Å²) in [4.78, 5) is 27.8. The van der Waals surface area contributed by atoms with Gasteiger partial charge < -0.3 is 5.32 Å². The number of carbonyl (C=O) groups excluding carboxylic acids is 2. The van der Waals surface area contributed by atoms with Crippen molar-refractivity contribution >= 4 is 23.1 Å². The summed E-state index contributed by atoms with van der Waals surface area (Å²) in [7, 11) is 0. The Morgan fingerprint density at radius 1 is 0.806 bits per heavy atom. The topological polar surface area (TPSA) is 49.4 Å². The maximum atomic E-state index is 13.5. The molecule has 31 heavy (non-hydrogen) atoms. The predicted molar refractivity (Wildman–Crippen MR) is 120 cm³/mol. The van der Waals surface area contributed by atoms with E-state index in [4.69, 9.17) is 0 Å². The van der Waals surface area contributed by atoms with Crippen LogP contribution in [-0.4, -0.2) is 16.7 Å². The highest BCUT2D eigenvalue weighted by Gasteiger charge is 2.39. The van der Waals surface area contributed by atoms with Gasteiger partial charge in [0.15, 0.2) is 0 Å². The Bertz CT molecular complexity index is 1200. The molecule has 3 aromatic rings. The fourth-order valence-corrected chi connectivity index (χ4v) is 3.56. The number of rotatable bonds is 5. The number of benzene rings is 3. The number of amides is 2. The Hall–Kier alpha value is -3.73. The Kier molecular flexibility index (Phi) is 5.42. The molecular formula is C26H23FN2O2. The lowest BCUT2D eigenvalue weighted by molar-refractivity contribution is -0.137. The van der Waals surface area contributed by atoms with Crippen molar-refractivity contribution in [1.82, 2.24) is 4.90 Å². The molecule has 1 heterocycles. The Balaban J connectivity index is 1.74. The van der Waals surface area contributed by atoms with Crippen LogP contribution in [0.3, 0.4) is 0 Å². The van der Waals surface area contributed by atoms with Crippen LogP contribution in [-0.2, 0) is 16.1 Å². The lowest BCUT2D eigenvalue weighted by Crippen LogP contribution is -2.32. The second kappa shape index (κ2) is 8.19. The molecule has 0 fully saturated rings. The molecule has 2 amide bonds. The summed E-state index contributed by atoms with van der Waals surface area (Å²) in [6.45, 7) is 6.15. The van der Waals surface area contributed by atoms with E-state index in [1.54, 1.807) is 0 Å². The smallest absolute Gasteiger partial charge is 0.278 e. The molecule has 1 N–H and O–H groups in total. The van der Waals surface area contributed by atoms with Gasteiger partial charge in [0.05, 0.1) is 12.1 Å². The standard InChI is InChI=1S/C26H23FN2O2/c1-16-4-7-19(8-5-16)15-29-25(30)23(20-9-11-21(27)12-10-20)24(26(29)31)28-22-13-6-17(2)18(3)14-22/h4-14,28H,15H2,1-3H3. The summed E-state index contributed by atoms with van der Waals surface area (Å²) in [5.74, 6) is -1.20. The van der Waals surface area contributed by atoms with Crippen molar-refractivity contribution in [3.05, 3.63) is 106 Å². The van der Waals surface area contributed by atoms with E-state index in [0.717, 1.165) is 27.9 Å². The molecule has 4 nitrogen and oxygen atoms in total. The molecule has 1 aliphatic rings. The van der Waals surface area contributed by atoms with Gasteiger partial charge >= 0.3 is 0 Å². The largest absolute Gasteiger partial charge is 0.350 e. The lowest BCUT2D eigenvalue weighted by atomic mass is 10.0. The summed E-state index contributed by atoms with van der Waals surface area (Å²) >= 11 is 0. The number of nitrogens with zero attached hydrogens (tertiary/aromatic N) is 1. The molecule has 1 aliphatic heterocycles. The van der Waals surface area contributed by atoms with Crippen molar-refractivity contribution in [2.24, 2.45) is 0 Å². The number of anilines is 1. The van der Waals surface area contributed by atoms with Crippen LogP contribution in [0.2, 0.25) is 0 Å². The molecule has 0 aromatic heterocycles. The Labute approximate surface area is 181 Å². The minimum absolute atomic E-state index is 0.167. The van der Waals surface area contributed by atoms with Crippen molar-refractivity contribution < 1.29 is 14.0 Å². The second-order valence-corrected chi connectivity index (χ2v) is 7.86. The number of halogens is 1. The molecule has 5 heteroatoms. The maximum absolute atomic E-state index is 13.5. The monoisotopic (exact) mass is 414 g/mol. The first-order valence-corrected chi connectivity index (χ1v) is 10.1. The predicted octanol–water partition coefficient (Wildman–Crippen LogP) is 5.14. The van der Waals surface area contributed by atoms with Crippen molar-refractivity contribution in [2.45, 2.75) is 27.3 Å². The minimum Gasteiger partial charge on any atom is -0.350 e. The molecule has 0 atom stereocenters. The van der Waals surface area contributed by atoms with E-state index in [0.29, 0.717) is 5.56 Å². The fourth-order valence-electron chi connectivity index (χ4n) is 3.56. The molecule has 0 spiro atoms. The van der Waals surface area contributed by atoms with Gasteiger partial charge in [-0.1, -0.05) is 48.0 Å². The molecule has 0 radical (unpaired) electrons. The van der Waals surface area contributed by atoms with Gasteiger partial charge in [0.25, 0.3) is 11.8 Å². The average molecular weight is 414 g/mol. The number of carbonyl (C=O) groups is 2. The number of hydrogen-bond acceptors (Lipinski definition) is 3. The summed E-state index contributed by atoms with van der Waals surface area (Å²) in [5, 5.41) is 3.15. The normalized spacial score (nSPS) is 13.9. The SMILES string of the molecule is Cc1ccc(CN2C(=O)C(Nc3ccc(C)c(C)c3)=C(c3ccc(F)cc3)C2=O)cc1. The molecule has 0 bridgehead atoms. The molecule has 0 saturated carbocycles. The van der Waals surface area contributed by atoms with Crippen molar-refractivity contribution in [3.63, 3.8) is 0 Å². The summed E-state index contributed by atoms with van der Waals surface area (Å²) in [6.07, 6.45) is 0. The van der Waals surface area contributed by atoms with Crippen LogP contribution < -0.4 is 5.32 Å².